The van der Waals surface area contributed by atoms with Gasteiger partial charge in [-0.25, -0.2) is 4.40 Å². The van der Waals surface area contributed by atoms with Crippen molar-refractivity contribution in [3.05, 3.63) is 57.0 Å². The van der Waals surface area contributed by atoms with Crippen LogP contribution in [0.1, 0.15) is 18.9 Å². The van der Waals surface area contributed by atoms with Crippen LogP contribution < -0.4 is 10.6 Å². The quantitative estimate of drug-likeness (QED) is 0.532. The summed E-state index contributed by atoms with van der Waals surface area (Å²) in [5.41, 5.74) is 1.93. The zero-order valence-corrected chi connectivity index (χ0v) is 12.6. The molecular weight excluding hydrogens is 315 g/mol. The number of thiocarbonyl (C=S) groups is 1. The first-order valence-electron chi connectivity index (χ1n) is 6.23. The number of nitrogens with zero attached hydrogens (tertiary/aromatic N) is 1. The van der Waals surface area contributed by atoms with E-state index in [0.717, 1.165) is 29.2 Å². The number of fused-ring (bicyclic) bond motifs is 2. The highest BCUT2D eigenvalue weighted by Gasteiger charge is 2.33. The van der Waals surface area contributed by atoms with E-state index < -0.39 is 11.7 Å². The maximum Gasteiger partial charge on any atom is 0.418 e. The number of halogens is 3. The minimum atomic E-state index is -4.43. The van der Waals surface area contributed by atoms with Crippen LogP contribution in [0.5, 0.6) is 0 Å². The Labute approximate surface area is 129 Å². The fourth-order valence-corrected chi connectivity index (χ4v) is 3.61. The first-order chi connectivity index (χ1) is 9.88. The normalized spacial score (nSPS) is 18.1. The van der Waals surface area contributed by atoms with Crippen molar-refractivity contribution in [2.24, 2.45) is 4.40 Å². The van der Waals surface area contributed by atoms with Crippen LogP contribution in [0.2, 0.25) is 0 Å². The molecule has 0 fully saturated rings. The molecule has 108 valence electrons. The summed E-state index contributed by atoms with van der Waals surface area (Å²) in [5.74, 6) is 0. The van der Waals surface area contributed by atoms with Crippen molar-refractivity contribution in [2.45, 2.75) is 19.5 Å². The first kappa shape index (κ1) is 14.5. The van der Waals surface area contributed by atoms with Crippen LogP contribution in [0.3, 0.4) is 0 Å². The highest BCUT2D eigenvalue weighted by atomic mass is 32.2. The standard InChI is InChI=1S/C15H10F3NS2/c1-8-5-9-7-21-19-14-10(13(9)12(20)6-8)3-2-4-11(14)15(16,17)18/h2-5,7H,6H2,1H3. The summed E-state index contributed by atoms with van der Waals surface area (Å²) in [5, 5.41) is 2.19. The fraction of sp³-hybridized carbons (Fsp3) is 0.200. The molecule has 1 aromatic carbocycles. The van der Waals surface area contributed by atoms with Gasteiger partial charge in [-0.05, 0) is 18.6 Å². The van der Waals surface area contributed by atoms with E-state index in [1.807, 2.05) is 13.0 Å². The average molecular weight is 325 g/mol. The van der Waals surface area contributed by atoms with Crippen molar-refractivity contribution < 1.29 is 13.2 Å². The third-order valence-corrected chi connectivity index (χ3v) is 4.34. The Morgan fingerprint density at radius 1 is 1.29 bits per heavy atom. The third kappa shape index (κ3) is 2.58. The van der Waals surface area contributed by atoms with Crippen LogP contribution in [0.4, 0.5) is 13.2 Å². The van der Waals surface area contributed by atoms with Crippen LogP contribution >= 0.6 is 24.2 Å². The van der Waals surface area contributed by atoms with Gasteiger partial charge in [-0.2, -0.15) is 13.2 Å². The zero-order chi connectivity index (χ0) is 15.2. The second-order valence-corrected chi connectivity index (χ2v) is 6.06. The van der Waals surface area contributed by atoms with Gasteiger partial charge in [0.1, 0.15) is 0 Å². The lowest BCUT2D eigenvalue weighted by Crippen LogP contribution is -2.35. The maximum atomic E-state index is 13.2. The lowest BCUT2D eigenvalue weighted by molar-refractivity contribution is -0.138. The average Bonchev–Trinajstić information content (AvgIpc) is 2.55. The number of hydrogen-bond donors (Lipinski definition) is 0. The van der Waals surface area contributed by atoms with Crippen molar-refractivity contribution in [3.8, 4) is 0 Å². The highest BCUT2D eigenvalue weighted by molar-refractivity contribution is 8.00. The van der Waals surface area contributed by atoms with Gasteiger partial charge < -0.3 is 0 Å². The molecule has 0 atom stereocenters. The second kappa shape index (κ2) is 5.10. The van der Waals surface area contributed by atoms with E-state index in [4.69, 9.17) is 12.2 Å². The predicted octanol–water partition coefficient (Wildman–Crippen LogP) is 3.74. The lowest BCUT2D eigenvalue weighted by atomic mass is 9.89. The largest absolute Gasteiger partial charge is 0.418 e. The summed E-state index contributed by atoms with van der Waals surface area (Å²) >= 11 is 6.42. The molecule has 6 heteroatoms. The number of rotatable bonds is 0. The van der Waals surface area contributed by atoms with Gasteiger partial charge >= 0.3 is 6.18 Å². The van der Waals surface area contributed by atoms with Gasteiger partial charge in [-0.1, -0.05) is 36.0 Å². The SMILES string of the molecule is CC1=CC2=CSN=c3c(C(F)(F)F)cccc3=C2C(=S)C1. The van der Waals surface area contributed by atoms with Crippen molar-refractivity contribution in [3.63, 3.8) is 0 Å². The maximum absolute atomic E-state index is 13.2. The Bertz CT molecular complexity index is 816. The predicted molar refractivity (Wildman–Crippen MR) is 82.3 cm³/mol. The molecule has 0 radical (unpaired) electrons. The third-order valence-electron chi connectivity index (χ3n) is 3.34. The molecule has 0 saturated carbocycles. The topological polar surface area (TPSA) is 12.4 Å². The molecule has 0 spiro atoms. The minimum Gasteiger partial charge on any atom is -0.211 e. The first-order valence-corrected chi connectivity index (χ1v) is 7.47. The molecule has 0 bridgehead atoms. The van der Waals surface area contributed by atoms with Gasteiger partial charge in [-0.15, -0.1) is 0 Å². The van der Waals surface area contributed by atoms with Crippen molar-refractivity contribution in [2.75, 3.05) is 0 Å². The Kier molecular flexibility index (Phi) is 3.53. The summed E-state index contributed by atoms with van der Waals surface area (Å²) in [6.07, 6.45) is -1.87. The van der Waals surface area contributed by atoms with E-state index in [1.165, 1.54) is 6.07 Å². The summed E-state index contributed by atoms with van der Waals surface area (Å²) in [6.45, 7) is 1.96. The Hall–Kier alpha value is -1.40. The number of allylic oxidation sites excluding steroid dienone is 3. The fourth-order valence-electron chi connectivity index (χ4n) is 2.50. The van der Waals surface area contributed by atoms with Gasteiger partial charge in [0, 0.05) is 39.4 Å². The molecule has 0 saturated heterocycles. The van der Waals surface area contributed by atoms with Gasteiger partial charge in [0.05, 0.1) is 10.9 Å². The molecular formula is C15H10F3NS2. The lowest BCUT2D eigenvalue weighted by Gasteiger charge is -2.17. The molecule has 3 rings (SSSR count). The summed E-state index contributed by atoms with van der Waals surface area (Å²) in [6, 6.07) is 4.12. The summed E-state index contributed by atoms with van der Waals surface area (Å²) in [4.78, 5) is 0.666. The van der Waals surface area contributed by atoms with Gasteiger partial charge in [0.25, 0.3) is 0 Å². The Morgan fingerprint density at radius 3 is 2.76 bits per heavy atom. The molecule has 0 unspecified atom stereocenters. The van der Waals surface area contributed by atoms with Crippen LogP contribution in [-0.2, 0) is 6.18 Å². The number of hydrogen-bond acceptors (Lipinski definition) is 3. The number of benzene rings is 1. The van der Waals surface area contributed by atoms with E-state index in [-0.39, 0.29) is 5.36 Å². The Balaban J connectivity index is 2.43. The molecule has 2 aliphatic rings. The smallest absolute Gasteiger partial charge is 0.211 e. The second-order valence-electron chi connectivity index (χ2n) is 4.94. The molecule has 1 heterocycles. The summed E-state index contributed by atoms with van der Waals surface area (Å²) < 4.78 is 43.5. The van der Waals surface area contributed by atoms with Crippen molar-refractivity contribution in [1.82, 2.24) is 0 Å². The van der Waals surface area contributed by atoms with E-state index in [0.29, 0.717) is 22.1 Å². The van der Waals surface area contributed by atoms with Gasteiger partial charge in [-0.3, -0.25) is 0 Å². The monoisotopic (exact) mass is 325 g/mol. The molecule has 0 N–H and O–H groups in total. The molecule has 1 aliphatic heterocycles. The minimum absolute atomic E-state index is 0.0356. The van der Waals surface area contributed by atoms with Crippen LogP contribution in [0.15, 0.2) is 45.2 Å². The van der Waals surface area contributed by atoms with Crippen molar-refractivity contribution >= 4 is 34.6 Å². The molecule has 1 nitrogen and oxygen atoms in total. The summed E-state index contributed by atoms with van der Waals surface area (Å²) in [7, 11) is 0. The number of alkyl halides is 3. The molecule has 1 aromatic rings. The van der Waals surface area contributed by atoms with Gasteiger partial charge in [0.15, 0.2) is 0 Å². The van der Waals surface area contributed by atoms with Crippen LogP contribution in [-0.4, -0.2) is 4.86 Å². The zero-order valence-electron chi connectivity index (χ0n) is 11.0. The molecule has 0 aromatic heterocycles. The molecule has 21 heavy (non-hydrogen) atoms. The van der Waals surface area contributed by atoms with E-state index >= 15 is 0 Å². The van der Waals surface area contributed by atoms with E-state index in [2.05, 4.69) is 4.40 Å². The highest BCUT2D eigenvalue weighted by Crippen LogP contribution is 2.30. The molecule has 0 amide bonds. The Morgan fingerprint density at radius 2 is 2.05 bits per heavy atom. The van der Waals surface area contributed by atoms with Crippen LogP contribution in [0.25, 0.3) is 5.57 Å². The van der Waals surface area contributed by atoms with Gasteiger partial charge in [0.2, 0.25) is 0 Å². The molecule has 1 aliphatic carbocycles. The van der Waals surface area contributed by atoms with E-state index in [1.54, 1.807) is 11.5 Å². The van der Waals surface area contributed by atoms with E-state index in [9.17, 15) is 13.2 Å². The van der Waals surface area contributed by atoms with Crippen molar-refractivity contribution in [1.29, 1.82) is 0 Å². The van der Waals surface area contributed by atoms with Crippen LogP contribution in [0, 0.1) is 0 Å².